The number of aromatic carboxylic acids is 1. The summed E-state index contributed by atoms with van der Waals surface area (Å²) in [6, 6.07) is 7.92. The van der Waals surface area contributed by atoms with E-state index in [0.717, 1.165) is 5.69 Å². The van der Waals surface area contributed by atoms with Crippen molar-refractivity contribution >= 4 is 5.97 Å². The van der Waals surface area contributed by atoms with Crippen LogP contribution in [0.25, 0.3) is 0 Å². The Morgan fingerprint density at radius 2 is 1.92 bits per heavy atom. The molecule has 0 fully saturated rings. The van der Waals surface area contributed by atoms with Crippen molar-refractivity contribution in [3.63, 3.8) is 0 Å². The molecule has 0 spiro atoms. The topological polar surface area (TPSA) is 59.4 Å². The molecule has 0 amide bonds. The van der Waals surface area contributed by atoms with Crippen LogP contribution in [-0.2, 0) is 22.2 Å². The zero-order valence-corrected chi connectivity index (χ0v) is 15.5. The van der Waals surface area contributed by atoms with E-state index in [1.165, 1.54) is 28.5 Å². The Bertz CT molecular complexity index is 820. The normalized spacial score (nSPS) is 17.8. The fraction of sp³-hybridized carbons (Fsp3) is 0.429. The second-order valence-corrected chi connectivity index (χ2v) is 8.03. The van der Waals surface area contributed by atoms with E-state index in [1.807, 2.05) is 0 Å². The Labute approximate surface area is 148 Å². The number of fused-ring (bicyclic) bond motifs is 1. The summed E-state index contributed by atoms with van der Waals surface area (Å²) in [7, 11) is 0. The predicted molar refractivity (Wildman–Crippen MR) is 97.2 cm³/mol. The molecule has 0 radical (unpaired) electrons. The van der Waals surface area contributed by atoms with E-state index in [-0.39, 0.29) is 16.6 Å². The van der Waals surface area contributed by atoms with Gasteiger partial charge in [-0.25, -0.2) is 4.79 Å². The summed E-state index contributed by atoms with van der Waals surface area (Å²) in [6.45, 7) is 11.5. The van der Waals surface area contributed by atoms with Gasteiger partial charge in [-0.1, -0.05) is 26.0 Å². The predicted octanol–water partition coefficient (Wildman–Crippen LogP) is 4.22. The maximum absolute atomic E-state index is 11.0. The van der Waals surface area contributed by atoms with Crippen molar-refractivity contribution in [3.8, 4) is 0 Å². The summed E-state index contributed by atoms with van der Waals surface area (Å²) in [6.07, 6.45) is 2.11. The number of rotatable bonds is 3. The van der Waals surface area contributed by atoms with Gasteiger partial charge in [-0.3, -0.25) is 4.98 Å². The minimum absolute atomic E-state index is 0.0338. The van der Waals surface area contributed by atoms with E-state index < -0.39 is 5.97 Å². The second kappa shape index (κ2) is 5.95. The molecule has 0 saturated carbocycles. The van der Waals surface area contributed by atoms with E-state index in [4.69, 9.17) is 9.84 Å². The van der Waals surface area contributed by atoms with Crippen LogP contribution in [0.2, 0.25) is 0 Å². The molecule has 0 unspecified atom stereocenters. The number of carboxylic acid groups (broad SMARTS) is 1. The largest absolute Gasteiger partial charge is 0.478 e. The number of carbonyl (C=O) groups is 1. The lowest BCUT2D eigenvalue weighted by molar-refractivity contribution is -0.0588. The van der Waals surface area contributed by atoms with Gasteiger partial charge < -0.3 is 9.84 Å². The molecule has 2 heterocycles. The van der Waals surface area contributed by atoms with Crippen LogP contribution >= 0.6 is 0 Å². The first-order valence-corrected chi connectivity index (χ1v) is 8.57. The Hall–Kier alpha value is -2.20. The number of carboxylic acids is 1. The molecule has 132 valence electrons. The monoisotopic (exact) mass is 339 g/mol. The molecule has 25 heavy (non-hydrogen) atoms. The van der Waals surface area contributed by atoms with Gasteiger partial charge in [-0.15, -0.1) is 0 Å². The first kappa shape index (κ1) is 17.6. The van der Waals surface area contributed by atoms with Gasteiger partial charge in [0.2, 0.25) is 0 Å². The van der Waals surface area contributed by atoms with Crippen molar-refractivity contribution in [2.24, 2.45) is 0 Å². The van der Waals surface area contributed by atoms with Crippen LogP contribution in [0.1, 0.15) is 66.0 Å². The van der Waals surface area contributed by atoms with Crippen molar-refractivity contribution < 1.29 is 14.6 Å². The molecular formula is C21H25NO3. The lowest BCUT2D eigenvalue weighted by Gasteiger charge is -2.42. The fourth-order valence-electron chi connectivity index (χ4n) is 3.37. The molecule has 1 aromatic carbocycles. The maximum atomic E-state index is 11.0. The number of hydrogen-bond donors (Lipinski definition) is 1. The second-order valence-electron chi connectivity index (χ2n) is 8.03. The van der Waals surface area contributed by atoms with Gasteiger partial charge in [0.25, 0.3) is 0 Å². The number of pyridine rings is 1. The Balaban J connectivity index is 1.99. The van der Waals surface area contributed by atoms with E-state index >= 15 is 0 Å². The van der Waals surface area contributed by atoms with Gasteiger partial charge in [0.1, 0.15) is 0 Å². The van der Waals surface area contributed by atoms with Crippen molar-refractivity contribution in [2.75, 3.05) is 6.61 Å². The first-order chi connectivity index (χ1) is 11.6. The zero-order chi connectivity index (χ0) is 18.4. The van der Waals surface area contributed by atoms with E-state index in [2.05, 4.69) is 51.7 Å². The molecule has 0 bridgehead atoms. The molecule has 3 rings (SSSR count). The summed E-state index contributed by atoms with van der Waals surface area (Å²) >= 11 is 0. The average molecular weight is 339 g/mol. The lowest BCUT2D eigenvalue weighted by atomic mass is 9.74. The summed E-state index contributed by atoms with van der Waals surface area (Å²) in [5.74, 6) is -0.951. The van der Waals surface area contributed by atoms with Crippen LogP contribution in [0.5, 0.6) is 0 Å². The van der Waals surface area contributed by atoms with Crippen LogP contribution in [0.4, 0.5) is 0 Å². The van der Waals surface area contributed by atoms with Crippen LogP contribution in [0.15, 0.2) is 30.5 Å². The third-order valence-electron chi connectivity index (χ3n) is 5.09. The SMILES string of the molecule is Cc1cc2c(cc1Cc1ccc(C(=O)O)cn1)C(C)(C)COC2(C)C. The third kappa shape index (κ3) is 3.31. The Morgan fingerprint density at radius 3 is 2.52 bits per heavy atom. The maximum Gasteiger partial charge on any atom is 0.337 e. The highest BCUT2D eigenvalue weighted by atomic mass is 16.5. The lowest BCUT2D eigenvalue weighted by Crippen LogP contribution is -2.40. The van der Waals surface area contributed by atoms with Crippen LogP contribution in [0, 0.1) is 6.92 Å². The van der Waals surface area contributed by atoms with Gasteiger partial charge in [0, 0.05) is 23.7 Å². The van der Waals surface area contributed by atoms with Gasteiger partial charge >= 0.3 is 5.97 Å². The van der Waals surface area contributed by atoms with Crippen molar-refractivity contribution in [1.29, 1.82) is 0 Å². The number of nitrogens with zero attached hydrogens (tertiary/aromatic N) is 1. The van der Waals surface area contributed by atoms with Gasteiger partial charge in [0.05, 0.1) is 17.8 Å². The molecule has 1 aliphatic heterocycles. The molecule has 0 saturated heterocycles. The number of aromatic nitrogens is 1. The van der Waals surface area contributed by atoms with Crippen LogP contribution in [0.3, 0.4) is 0 Å². The fourth-order valence-corrected chi connectivity index (χ4v) is 3.37. The minimum atomic E-state index is -0.951. The smallest absolute Gasteiger partial charge is 0.337 e. The molecule has 2 aromatic rings. The first-order valence-electron chi connectivity index (χ1n) is 8.57. The average Bonchev–Trinajstić information content (AvgIpc) is 2.54. The third-order valence-corrected chi connectivity index (χ3v) is 5.09. The molecule has 1 aromatic heterocycles. The Morgan fingerprint density at radius 1 is 1.20 bits per heavy atom. The highest BCUT2D eigenvalue weighted by Crippen LogP contribution is 2.42. The summed E-state index contributed by atoms with van der Waals surface area (Å²) < 4.78 is 6.09. The molecule has 0 aliphatic carbocycles. The van der Waals surface area contributed by atoms with Crippen LogP contribution in [-0.4, -0.2) is 22.7 Å². The molecule has 1 N–H and O–H groups in total. The van der Waals surface area contributed by atoms with Crippen molar-refractivity contribution in [3.05, 3.63) is 64.0 Å². The van der Waals surface area contributed by atoms with Crippen molar-refractivity contribution in [1.82, 2.24) is 4.98 Å². The quantitative estimate of drug-likeness (QED) is 0.909. The standard InChI is InChI=1S/C21H25NO3/c1-13-8-18-17(20(2,3)12-25-21(18,4)5)10-15(13)9-16-7-6-14(11-22-16)19(23)24/h6-8,10-11H,9,12H2,1-5H3,(H,23,24). The molecule has 0 atom stereocenters. The summed E-state index contributed by atoms with van der Waals surface area (Å²) in [5.41, 5.74) is 5.77. The zero-order valence-electron chi connectivity index (χ0n) is 15.5. The summed E-state index contributed by atoms with van der Waals surface area (Å²) in [5, 5.41) is 9.00. The molecule has 4 nitrogen and oxygen atoms in total. The molecule has 1 aliphatic rings. The summed E-state index contributed by atoms with van der Waals surface area (Å²) in [4.78, 5) is 15.3. The number of aryl methyl sites for hydroxylation is 1. The Kier molecular flexibility index (Phi) is 4.20. The van der Waals surface area contributed by atoms with Crippen LogP contribution < -0.4 is 0 Å². The number of benzene rings is 1. The van der Waals surface area contributed by atoms with E-state index in [0.29, 0.717) is 13.0 Å². The highest BCUT2D eigenvalue weighted by molar-refractivity contribution is 5.87. The number of ether oxygens (including phenoxy) is 1. The van der Waals surface area contributed by atoms with E-state index in [9.17, 15) is 4.79 Å². The number of hydrogen-bond acceptors (Lipinski definition) is 3. The van der Waals surface area contributed by atoms with E-state index in [1.54, 1.807) is 12.1 Å². The van der Waals surface area contributed by atoms with Gasteiger partial charge in [0.15, 0.2) is 0 Å². The molecule has 4 heteroatoms. The van der Waals surface area contributed by atoms with Gasteiger partial charge in [-0.2, -0.15) is 0 Å². The minimum Gasteiger partial charge on any atom is -0.478 e. The van der Waals surface area contributed by atoms with Gasteiger partial charge in [-0.05, 0) is 55.2 Å². The molecular weight excluding hydrogens is 314 g/mol. The van der Waals surface area contributed by atoms with Crippen molar-refractivity contribution in [2.45, 2.75) is 52.1 Å². The highest BCUT2D eigenvalue weighted by Gasteiger charge is 2.38.